The Morgan fingerprint density at radius 3 is 2.42 bits per heavy atom. The molecule has 1 aliphatic heterocycles. The number of guanidine groups is 1. The van der Waals surface area contributed by atoms with Gasteiger partial charge in [-0.25, -0.2) is 0 Å². The third-order valence-corrected chi connectivity index (χ3v) is 4.48. The molecular weight excluding hydrogens is 406 g/mol. The molecule has 31 heavy (non-hydrogen) atoms. The van der Waals surface area contributed by atoms with Gasteiger partial charge in [0.15, 0.2) is 5.96 Å². The summed E-state index contributed by atoms with van der Waals surface area (Å²) in [7, 11) is 0. The number of aliphatic imine (C=N–C) groups is 1. The first-order valence-corrected chi connectivity index (χ1v) is 9.72. The van der Waals surface area contributed by atoms with Gasteiger partial charge in [-0.05, 0) is 30.5 Å². The molecule has 9 N–H and O–H groups in total. The Hall–Kier alpha value is -3.83. The molecule has 2 atom stereocenters. The SMILES string of the molecule is NC(N)=NCCC[C@@H]1NC(=O)CNc2cccc(c2)[C@H](CC(=O)O)NC(=O)CNC1=O. The topological polar surface area (TPSA) is 201 Å². The minimum absolute atomic E-state index is 0.0708. The number of carboxylic acids is 1. The van der Waals surface area contributed by atoms with Crippen molar-refractivity contribution in [3.05, 3.63) is 29.8 Å². The van der Waals surface area contributed by atoms with Crippen LogP contribution in [0.4, 0.5) is 5.69 Å². The number of aliphatic carboxylic acids is 1. The lowest BCUT2D eigenvalue weighted by atomic mass is 10.0. The zero-order valence-corrected chi connectivity index (χ0v) is 16.9. The number of hydrogen-bond donors (Lipinski definition) is 7. The second kappa shape index (κ2) is 11.4. The first-order chi connectivity index (χ1) is 14.7. The third-order valence-electron chi connectivity index (χ3n) is 4.48. The fourth-order valence-corrected chi connectivity index (χ4v) is 3.03. The Morgan fingerprint density at radius 2 is 1.74 bits per heavy atom. The minimum Gasteiger partial charge on any atom is -0.481 e. The molecule has 0 saturated heterocycles. The van der Waals surface area contributed by atoms with E-state index in [9.17, 15) is 24.3 Å². The molecule has 2 rings (SSSR count). The number of carbonyl (C=O) groups excluding carboxylic acids is 3. The average Bonchev–Trinajstić information content (AvgIpc) is 2.71. The molecule has 0 radical (unpaired) electrons. The summed E-state index contributed by atoms with van der Waals surface area (Å²) in [6, 6.07) is 5.06. The van der Waals surface area contributed by atoms with Crippen molar-refractivity contribution in [2.75, 3.05) is 25.0 Å². The summed E-state index contributed by atoms with van der Waals surface area (Å²) in [6.45, 7) is -0.186. The van der Waals surface area contributed by atoms with Gasteiger partial charge in [0.1, 0.15) is 6.04 Å². The average molecular weight is 433 g/mol. The van der Waals surface area contributed by atoms with Crippen molar-refractivity contribution in [2.24, 2.45) is 16.5 Å². The van der Waals surface area contributed by atoms with E-state index in [0.29, 0.717) is 17.7 Å². The molecule has 0 aromatic heterocycles. The lowest BCUT2D eigenvalue weighted by molar-refractivity contribution is -0.138. The normalized spacial score (nSPS) is 19.7. The van der Waals surface area contributed by atoms with Gasteiger partial charge >= 0.3 is 5.97 Å². The first-order valence-electron chi connectivity index (χ1n) is 9.72. The Bertz CT molecular complexity index is 854. The van der Waals surface area contributed by atoms with Crippen LogP contribution in [-0.4, -0.2) is 60.4 Å². The van der Waals surface area contributed by atoms with Gasteiger partial charge < -0.3 is 37.8 Å². The molecular formula is C19H27N7O5. The van der Waals surface area contributed by atoms with Gasteiger partial charge in [0, 0.05) is 12.2 Å². The molecule has 1 heterocycles. The predicted molar refractivity (Wildman–Crippen MR) is 113 cm³/mol. The quantitative estimate of drug-likeness (QED) is 0.158. The summed E-state index contributed by atoms with van der Waals surface area (Å²) in [5.41, 5.74) is 11.7. The summed E-state index contributed by atoms with van der Waals surface area (Å²) in [4.78, 5) is 52.3. The summed E-state index contributed by atoms with van der Waals surface area (Å²) in [6.07, 6.45) is 0.350. The van der Waals surface area contributed by atoms with Gasteiger partial charge in [-0.3, -0.25) is 24.2 Å². The molecule has 1 aliphatic rings. The lowest BCUT2D eigenvalue weighted by Gasteiger charge is -2.22. The predicted octanol–water partition coefficient (Wildman–Crippen LogP) is -1.60. The molecule has 3 amide bonds. The van der Waals surface area contributed by atoms with E-state index in [1.54, 1.807) is 24.3 Å². The standard InChI is InChI=1S/C19H27N7O5/c20-19(21)22-6-2-5-13-18(31)24-10-16(28)26-14(8-17(29)30)11-3-1-4-12(7-11)23-9-15(27)25-13/h1,3-4,7,13-14,23H,2,5-6,8-10H2,(H,24,31)(H,25,27)(H,26,28)(H,29,30)(H4,20,21,22)/t13-,14-/m0/s1. The maximum atomic E-state index is 12.5. The number of rotatable bonds is 6. The van der Waals surface area contributed by atoms with E-state index in [1.807, 2.05) is 0 Å². The van der Waals surface area contributed by atoms with E-state index in [1.165, 1.54) is 0 Å². The van der Waals surface area contributed by atoms with Gasteiger partial charge in [0.25, 0.3) is 0 Å². The molecule has 0 aliphatic carbocycles. The first kappa shape index (κ1) is 23.4. The van der Waals surface area contributed by atoms with Crippen LogP contribution in [-0.2, 0) is 19.2 Å². The van der Waals surface area contributed by atoms with Crippen LogP contribution in [0.2, 0.25) is 0 Å². The van der Waals surface area contributed by atoms with Gasteiger partial charge in [0.05, 0.1) is 25.6 Å². The summed E-state index contributed by atoms with van der Waals surface area (Å²) in [5, 5.41) is 19.8. The maximum absolute atomic E-state index is 12.5. The molecule has 12 heteroatoms. The van der Waals surface area contributed by atoms with Crippen LogP contribution in [0.25, 0.3) is 0 Å². The maximum Gasteiger partial charge on any atom is 0.305 e. The minimum atomic E-state index is -1.09. The largest absolute Gasteiger partial charge is 0.481 e. The van der Waals surface area contributed by atoms with Crippen LogP contribution in [0.5, 0.6) is 0 Å². The Kier molecular flexibility index (Phi) is 8.61. The van der Waals surface area contributed by atoms with Crippen molar-refractivity contribution in [1.29, 1.82) is 0 Å². The van der Waals surface area contributed by atoms with E-state index < -0.39 is 35.8 Å². The monoisotopic (exact) mass is 433 g/mol. The van der Waals surface area contributed by atoms with Crippen molar-refractivity contribution in [3.8, 4) is 0 Å². The number of hydrogen-bond acceptors (Lipinski definition) is 6. The summed E-state index contributed by atoms with van der Waals surface area (Å²) in [5.74, 6) is -2.68. The summed E-state index contributed by atoms with van der Waals surface area (Å²) >= 11 is 0. The van der Waals surface area contributed by atoms with Crippen molar-refractivity contribution in [3.63, 3.8) is 0 Å². The number of fused-ring (bicyclic) bond motifs is 2. The highest BCUT2D eigenvalue weighted by Crippen LogP contribution is 2.20. The molecule has 1 aromatic carbocycles. The fourth-order valence-electron chi connectivity index (χ4n) is 3.03. The second-order valence-electron chi connectivity index (χ2n) is 6.98. The van der Waals surface area contributed by atoms with Crippen LogP contribution in [0.1, 0.15) is 30.9 Å². The van der Waals surface area contributed by atoms with Gasteiger partial charge in [0.2, 0.25) is 17.7 Å². The number of carboxylic acid groups (broad SMARTS) is 1. The van der Waals surface area contributed by atoms with E-state index in [0.717, 1.165) is 0 Å². The number of nitrogens with one attached hydrogen (secondary N) is 4. The Labute approximate surface area is 178 Å². The molecule has 0 spiro atoms. The number of benzene rings is 1. The zero-order valence-electron chi connectivity index (χ0n) is 16.9. The van der Waals surface area contributed by atoms with Gasteiger partial charge in [-0.15, -0.1) is 0 Å². The fraction of sp³-hybridized carbons (Fsp3) is 0.421. The molecule has 0 unspecified atom stereocenters. The van der Waals surface area contributed by atoms with Crippen LogP contribution in [0.15, 0.2) is 29.3 Å². The van der Waals surface area contributed by atoms with E-state index in [4.69, 9.17) is 11.5 Å². The van der Waals surface area contributed by atoms with E-state index in [-0.39, 0.29) is 38.4 Å². The lowest BCUT2D eigenvalue weighted by Crippen LogP contribution is -2.50. The number of anilines is 1. The molecule has 1 aromatic rings. The third kappa shape index (κ3) is 8.20. The Morgan fingerprint density at radius 1 is 1.06 bits per heavy atom. The highest BCUT2D eigenvalue weighted by molar-refractivity contribution is 5.91. The van der Waals surface area contributed by atoms with E-state index >= 15 is 0 Å². The Balaban J connectivity index is 2.18. The molecule has 2 bridgehead atoms. The van der Waals surface area contributed by atoms with Crippen molar-refractivity contribution in [2.45, 2.75) is 31.3 Å². The smallest absolute Gasteiger partial charge is 0.305 e. The second-order valence-corrected chi connectivity index (χ2v) is 6.98. The van der Waals surface area contributed by atoms with Crippen molar-refractivity contribution < 1.29 is 24.3 Å². The molecule has 0 fully saturated rings. The highest BCUT2D eigenvalue weighted by Gasteiger charge is 2.23. The zero-order chi connectivity index (χ0) is 22.8. The molecule has 0 saturated carbocycles. The van der Waals surface area contributed by atoms with Crippen LogP contribution < -0.4 is 32.7 Å². The summed E-state index contributed by atoms with van der Waals surface area (Å²) < 4.78 is 0. The highest BCUT2D eigenvalue weighted by atomic mass is 16.4. The van der Waals surface area contributed by atoms with Crippen molar-refractivity contribution in [1.82, 2.24) is 16.0 Å². The van der Waals surface area contributed by atoms with Gasteiger partial charge in [-0.1, -0.05) is 12.1 Å². The van der Waals surface area contributed by atoms with Crippen LogP contribution in [0.3, 0.4) is 0 Å². The molecule has 168 valence electrons. The van der Waals surface area contributed by atoms with Crippen molar-refractivity contribution >= 4 is 35.3 Å². The number of amides is 3. The number of nitrogens with two attached hydrogens (primary N) is 2. The van der Waals surface area contributed by atoms with Gasteiger partial charge in [-0.2, -0.15) is 0 Å². The molecule has 12 nitrogen and oxygen atoms in total. The number of nitrogens with zero attached hydrogens (tertiary/aromatic N) is 1. The van der Waals surface area contributed by atoms with Crippen LogP contribution in [0, 0.1) is 0 Å². The van der Waals surface area contributed by atoms with E-state index in [2.05, 4.69) is 26.3 Å². The van der Waals surface area contributed by atoms with Crippen LogP contribution >= 0.6 is 0 Å². The number of carbonyl (C=O) groups is 4.